The van der Waals surface area contributed by atoms with Gasteiger partial charge >= 0.3 is 0 Å². The molecule has 0 saturated carbocycles. The lowest BCUT2D eigenvalue weighted by Crippen LogP contribution is -2.06. The normalized spacial score (nSPS) is 11.8. The highest BCUT2D eigenvalue weighted by molar-refractivity contribution is 5.79. The van der Waals surface area contributed by atoms with Gasteiger partial charge in [0.2, 0.25) is 0 Å². The van der Waals surface area contributed by atoms with Gasteiger partial charge in [0.05, 0.1) is 11.5 Å². The van der Waals surface area contributed by atoms with Gasteiger partial charge in [0.15, 0.2) is 11.6 Å². The third kappa shape index (κ3) is 2.11. The second-order valence-electron chi connectivity index (χ2n) is 2.56. The molecule has 0 amide bonds. The predicted octanol–water partition coefficient (Wildman–Crippen LogP) is 0.515. The average Bonchev–Trinajstić information content (AvgIpc) is 1.98. The smallest absolute Gasteiger partial charge is 0.253 e. The Balaban J connectivity index is 3.21. The zero-order valence-corrected chi connectivity index (χ0v) is 7.37. The molecule has 4 N–H and O–H groups in total. The minimum Gasteiger partial charge on any atom is -0.387 e. The molecule has 6 heteroatoms. The van der Waals surface area contributed by atoms with Crippen molar-refractivity contribution in [3.05, 3.63) is 11.5 Å². The number of rotatable bonds is 1. The van der Waals surface area contributed by atoms with Crippen molar-refractivity contribution in [3.63, 3.8) is 0 Å². The summed E-state index contributed by atoms with van der Waals surface area (Å²) in [5, 5.41) is 0. The van der Waals surface area contributed by atoms with Gasteiger partial charge in [-0.1, -0.05) is 0 Å². The van der Waals surface area contributed by atoms with E-state index in [1.165, 1.54) is 6.92 Å². The molecule has 0 atom stereocenters. The maximum absolute atomic E-state index is 12.9. The Morgan fingerprint density at radius 3 is 2.54 bits per heavy atom. The van der Waals surface area contributed by atoms with Crippen LogP contribution >= 0.6 is 0 Å². The number of aliphatic imine (C=N–C) groups is 1. The number of halogens is 1. The van der Waals surface area contributed by atoms with E-state index in [0.29, 0.717) is 5.84 Å². The van der Waals surface area contributed by atoms with Crippen molar-refractivity contribution >= 4 is 17.6 Å². The van der Waals surface area contributed by atoms with Crippen LogP contribution in [-0.2, 0) is 0 Å². The molecule has 1 rings (SSSR count). The van der Waals surface area contributed by atoms with Crippen LogP contribution in [0.25, 0.3) is 0 Å². The van der Waals surface area contributed by atoms with E-state index in [0.717, 1.165) is 0 Å². The third-order valence-electron chi connectivity index (χ3n) is 1.31. The lowest BCUT2D eigenvalue weighted by molar-refractivity contribution is 0.608. The standard InChI is InChI=1S/C7H10FN5/c1-3-5(8)6(10)13-7(11-3)12-4(2)9/h1-2H3,(H4,9,10,11,12,13). The fourth-order valence-corrected chi connectivity index (χ4v) is 0.774. The van der Waals surface area contributed by atoms with E-state index in [1.807, 2.05) is 0 Å². The molecule has 0 unspecified atom stereocenters. The molecule has 0 saturated heterocycles. The molecule has 0 aliphatic heterocycles. The second-order valence-corrected chi connectivity index (χ2v) is 2.56. The first-order valence-electron chi connectivity index (χ1n) is 3.61. The Labute approximate surface area is 74.7 Å². The number of hydrogen-bond donors (Lipinski definition) is 2. The Morgan fingerprint density at radius 1 is 1.46 bits per heavy atom. The molecule has 0 aliphatic rings. The molecule has 0 radical (unpaired) electrons. The zero-order chi connectivity index (χ0) is 10.0. The first-order valence-corrected chi connectivity index (χ1v) is 3.61. The van der Waals surface area contributed by atoms with E-state index in [-0.39, 0.29) is 17.5 Å². The van der Waals surface area contributed by atoms with Gasteiger partial charge in [-0.3, -0.25) is 0 Å². The SMILES string of the molecule is CC(N)=Nc1nc(C)c(F)c(N)n1. The van der Waals surface area contributed by atoms with Gasteiger partial charge in [-0.05, 0) is 13.8 Å². The van der Waals surface area contributed by atoms with Crippen molar-refractivity contribution in [1.29, 1.82) is 0 Å². The quantitative estimate of drug-likeness (QED) is 0.490. The summed E-state index contributed by atoms with van der Waals surface area (Å²) in [7, 11) is 0. The van der Waals surface area contributed by atoms with Crippen LogP contribution in [-0.4, -0.2) is 15.8 Å². The monoisotopic (exact) mass is 183 g/mol. The van der Waals surface area contributed by atoms with Crippen LogP contribution in [0.5, 0.6) is 0 Å². The molecule has 0 fully saturated rings. The molecular weight excluding hydrogens is 173 g/mol. The van der Waals surface area contributed by atoms with E-state index in [4.69, 9.17) is 11.5 Å². The summed E-state index contributed by atoms with van der Waals surface area (Å²) in [6, 6.07) is 0. The van der Waals surface area contributed by atoms with Crippen LogP contribution in [0.15, 0.2) is 4.99 Å². The molecule has 5 nitrogen and oxygen atoms in total. The van der Waals surface area contributed by atoms with Crippen LogP contribution in [0.4, 0.5) is 16.2 Å². The second kappa shape index (κ2) is 3.34. The van der Waals surface area contributed by atoms with Gasteiger partial charge in [0.25, 0.3) is 5.95 Å². The number of aryl methyl sites for hydroxylation is 1. The highest BCUT2D eigenvalue weighted by atomic mass is 19.1. The van der Waals surface area contributed by atoms with Crippen LogP contribution in [0.3, 0.4) is 0 Å². The van der Waals surface area contributed by atoms with Gasteiger partial charge in [-0.25, -0.2) is 9.37 Å². The van der Waals surface area contributed by atoms with Gasteiger partial charge < -0.3 is 11.5 Å². The molecule has 0 aromatic carbocycles. The lowest BCUT2D eigenvalue weighted by Gasteiger charge is -2.00. The van der Waals surface area contributed by atoms with Crippen molar-refractivity contribution < 1.29 is 4.39 Å². The van der Waals surface area contributed by atoms with Crippen LogP contribution < -0.4 is 11.5 Å². The lowest BCUT2D eigenvalue weighted by atomic mass is 10.4. The first kappa shape index (κ1) is 9.37. The van der Waals surface area contributed by atoms with Crippen LogP contribution in [0.2, 0.25) is 0 Å². The van der Waals surface area contributed by atoms with Crippen molar-refractivity contribution in [2.45, 2.75) is 13.8 Å². The Morgan fingerprint density at radius 2 is 2.08 bits per heavy atom. The minimum absolute atomic E-state index is 0.0800. The molecule has 1 heterocycles. The van der Waals surface area contributed by atoms with E-state index in [2.05, 4.69) is 15.0 Å². The van der Waals surface area contributed by atoms with E-state index >= 15 is 0 Å². The third-order valence-corrected chi connectivity index (χ3v) is 1.31. The Bertz CT molecular complexity index is 333. The predicted molar refractivity (Wildman–Crippen MR) is 48.1 cm³/mol. The Hall–Kier alpha value is -1.72. The van der Waals surface area contributed by atoms with Crippen LogP contribution in [0.1, 0.15) is 12.6 Å². The Kier molecular flexibility index (Phi) is 2.41. The fourth-order valence-electron chi connectivity index (χ4n) is 0.774. The maximum Gasteiger partial charge on any atom is 0.253 e. The summed E-state index contributed by atoms with van der Waals surface area (Å²) in [6.07, 6.45) is 0. The zero-order valence-electron chi connectivity index (χ0n) is 7.37. The van der Waals surface area contributed by atoms with Gasteiger partial charge in [0, 0.05) is 0 Å². The number of amidine groups is 1. The summed E-state index contributed by atoms with van der Waals surface area (Å²) in [5.41, 5.74) is 10.7. The number of nitrogens with zero attached hydrogens (tertiary/aromatic N) is 3. The largest absolute Gasteiger partial charge is 0.387 e. The molecule has 1 aromatic rings. The average molecular weight is 183 g/mol. The molecule has 13 heavy (non-hydrogen) atoms. The number of nitrogen functional groups attached to an aromatic ring is 1. The van der Waals surface area contributed by atoms with E-state index < -0.39 is 5.82 Å². The topological polar surface area (TPSA) is 90.2 Å². The summed E-state index contributed by atoms with van der Waals surface area (Å²) in [4.78, 5) is 11.1. The number of aromatic nitrogens is 2. The van der Waals surface area contributed by atoms with Gasteiger partial charge in [0.1, 0.15) is 0 Å². The number of anilines is 1. The van der Waals surface area contributed by atoms with E-state index in [9.17, 15) is 4.39 Å². The maximum atomic E-state index is 12.9. The first-order chi connectivity index (χ1) is 6.00. The number of nitrogens with two attached hydrogens (primary N) is 2. The van der Waals surface area contributed by atoms with Crippen molar-refractivity contribution in [2.75, 3.05) is 5.73 Å². The summed E-state index contributed by atoms with van der Waals surface area (Å²) < 4.78 is 12.9. The highest BCUT2D eigenvalue weighted by Gasteiger charge is 2.07. The van der Waals surface area contributed by atoms with Crippen LogP contribution in [0, 0.1) is 12.7 Å². The van der Waals surface area contributed by atoms with Crippen molar-refractivity contribution in [1.82, 2.24) is 9.97 Å². The molecule has 1 aromatic heterocycles. The minimum atomic E-state index is -0.617. The highest BCUT2D eigenvalue weighted by Crippen LogP contribution is 2.14. The van der Waals surface area contributed by atoms with Crippen molar-refractivity contribution in [3.8, 4) is 0 Å². The fraction of sp³-hybridized carbons (Fsp3) is 0.286. The number of hydrogen-bond acceptors (Lipinski definition) is 4. The molecular formula is C7H10FN5. The summed E-state index contributed by atoms with van der Waals surface area (Å²) in [5.74, 6) is -0.456. The molecule has 70 valence electrons. The van der Waals surface area contributed by atoms with Crippen molar-refractivity contribution in [2.24, 2.45) is 10.7 Å². The molecule has 0 aliphatic carbocycles. The molecule has 0 bridgehead atoms. The van der Waals surface area contributed by atoms with E-state index in [1.54, 1.807) is 6.92 Å². The molecule has 0 spiro atoms. The van der Waals surface area contributed by atoms with Gasteiger partial charge in [-0.15, -0.1) is 0 Å². The van der Waals surface area contributed by atoms with Gasteiger partial charge in [-0.2, -0.15) is 9.98 Å². The summed E-state index contributed by atoms with van der Waals surface area (Å²) >= 11 is 0. The summed E-state index contributed by atoms with van der Waals surface area (Å²) in [6.45, 7) is 3.07.